The number of likely N-dealkylation sites (tertiary alicyclic amines) is 1. The second kappa shape index (κ2) is 5.27. The van der Waals surface area contributed by atoms with E-state index in [9.17, 15) is 4.79 Å². The maximum absolute atomic E-state index is 11.5. The van der Waals surface area contributed by atoms with E-state index >= 15 is 0 Å². The number of ether oxygens (including phenoxy) is 1. The summed E-state index contributed by atoms with van der Waals surface area (Å²) in [4.78, 5) is 17.6. The first-order chi connectivity index (χ1) is 8.22. The van der Waals surface area contributed by atoms with Crippen LogP contribution in [0.4, 0.5) is 0 Å². The van der Waals surface area contributed by atoms with Crippen LogP contribution in [-0.2, 0) is 16.1 Å². The van der Waals surface area contributed by atoms with Crippen LogP contribution in [0.5, 0.6) is 0 Å². The SMILES string of the molecule is COCc1nc(C2CCCCN2C(C)=O)no1. The molecule has 94 valence electrons. The number of hydrogen-bond donors (Lipinski definition) is 0. The molecule has 1 unspecified atom stereocenters. The number of carbonyl (C=O) groups is 1. The van der Waals surface area contributed by atoms with Gasteiger partial charge in [-0.2, -0.15) is 4.98 Å². The summed E-state index contributed by atoms with van der Waals surface area (Å²) in [6.07, 6.45) is 3.02. The van der Waals surface area contributed by atoms with Crippen LogP contribution in [0.3, 0.4) is 0 Å². The molecule has 1 saturated heterocycles. The van der Waals surface area contributed by atoms with E-state index in [0.29, 0.717) is 18.3 Å². The summed E-state index contributed by atoms with van der Waals surface area (Å²) in [5.41, 5.74) is 0. The number of aromatic nitrogens is 2. The average molecular weight is 239 g/mol. The lowest BCUT2D eigenvalue weighted by Crippen LogP contribution is -2.37. The van der Waals surface area contributed by atoms with Gasteiger partial charge in [0.1, 0.15) is 6.61 Å². The highest BCUT2D eigenvalue weighted by Gasteiger charge is 2.29. The van der Waals surface area contributed by atoms with Crippen LogP contribution in [0.25, 0.3) is 0 Å². The normalized spacial score (nSPS) is 20.6. The van der Waals surface area contributed by atoms with Crippen LogP contribution >= 0.6 is 0 Å². The Morgan fingerprint density at radius 2 is 2.41 bits per heavy atom. The molecule has 1 aliphatic heterocycles. The van der Waals surface area contributed by atoms with E-state index < -0.39 is 0 Å². The molecule has 0 radical (unpaired) electrons. The fourth-order valence-corrected chi connectivity index (χ4v) is 2.16. The van der Waals surface area contributed by atoms with E-state index in [4.69, 9.17) is 9.26 Å². The number of amides is 1. The number of carbonyl (C=O) groups excluding carboxylic acids is 1. The average Bonchev–Trinajstić information content (AvgIpc) is 2.78. The smallest absolute Gasteiger partial charge is 0.252 e. The number of nitrogens with zero attached hydrogens (tertiary/aromatic N) is 3. The minimum Gasteiger partial charge on any atom is -0.375 e. The third-order valence-corrected chi connectivity index (χ3v) is 2.96. The number of rotatable bonds is 3. The van der Waals surface area contributed by atoms with Crippen LogP contribution in [0.15, 0.2) is 4.52 Å². The molecule has 1 fully saturated rings. The van der Waals surface area contributed by atoms with Crippen molar-refractivity contribution < 1.29 is 14.1 Å². The Kier molecular flexibility index (Phi) is 3.73. The molecular formula is C11H17N3O3. The van der Waals surface area contributed by atoms with Gasteiger partial charge in [0, 0.05) is 20.6 Å². The highest BCUT2D eigenvalue weighted by molar-refractivity contribution is 5.73. The Hall–Kier alpha value is -1.43. The predicted octanol–water partition coefficient (Wildman–Crippen LogP) is 1.29. The van der Waals surface area contributed by atoms with Crippen LogP contribution < -0.4 is 0 Å². The summed E-state index contributed by atoms with van der Waals surface area (Å²) in [5.74, 6) is 1.11. The molecule has 17 heavy (non-hydrogen) atoms. The van der Waals surface area contributed by atoms with Gasteiger partial charge in [-0.15, -0.1) is 0 Å². The summed E-state index contributed by atoms with van der Waals surface area (Å²) in [6, 6.07) is -0.0457. The van der Waals surface area contributed by atoms with Crippen molar-refractivity contribution in [2.75, 3.05) is 13.7 Å². The molecule has 1 aliphatic rings. The van der Waals surface area contributed by atoms with Crippen LogP contribution in [0.1, 0.15) is 43.9 Å². The number of methoxy groups -OCH3 is 1. The predicted molar refractivity (Wildman–Crippen MR) is 59.0 cm³/mol. The van der Waals surface area contributed by atoms with Crippen molar-refractivity contribution in [3.05, 3.63) is 11.7 Å². The summed E-state index contributed by atoms with van der Waals surface area (Å²) < 4.78 is 9.99. The summed E-state index contributed by atoms with van der Waals surface area (Å²) in [5, 5.41) is 3.93. The standard InChI is InChI=1S/C11H17N3O3/c1-8(15)14-6-4-3-5-9(14)11-12-10(7-16-2)17-13-11/h9H,3-7H2,1-2H3. The molecule has 0 saturated carbocycles. The van der Waals surface area contributed by atoms with Gasteiger partial charge in [0.25, 0.3) is 5.89 Å². The quantitative estimate of drug-likeness (QED) is 0.795. The Morgan fingerprint density at radius 3 is 3.12 bits per heavy atom. The van der Waals surface area contributed by atoms with Gasteiger partial charge in [0.15, 0.2) is 5.82 Å². The maximum Gasteiger partial charge on any atom is 0.252 e. The number of piperidine rings is 1. The van der Waals surface area contributed by atoms with Gasteiger partial charge in [-0.25, -0.2) is 0 Å². The molecule has 1 amide bonds. The molecule has 1 aromatic heterocycles. The Balaban J connectivity index is 2.14. The van der Waals surface area contributed by atoms with Gasteiger partial charge in [0.2, 0.25) is 5.91 Å². The highest BCUT2D eigenvalue weighted by Crippen LogP contribution is 2.29. The van der Waals surface area contributed by atoms with E-state index in [1.54, 1.807) is 14.0 Å². The van der Waals surface area contributed by atoms with Crippen molar-refractivity contribution in [2.24, 2.45) is 0 Å². The molecule has 0 spiro atoms. The summed E-state index contributed by atoms with van der Waals surface area (Å²) in [7, 11) is 1.58. The first kappa shape index (κ1) is 12.0. The monoisotopic (exact) mass is 239 g/mol. The first-order valence-corrected chi connectivity index (χ1v) is 5.81. The zero-order chi connectivity index (χ0) is 12.3. The van der Waals surface area contributed by atoms with Gasteiger partial charge in [-0.05, 0) is 19.3 Å². The lowest BCUT2D eigenvalue weighted by Gasteiger charge is -2.32. The van der Waals surface area contributed by atoms with Crippen LogP contribution in [0, 0.1) is 0 Å². The molecular weight excluding hydrogens is 222 g/mol. The van der Waals surface area contributed by atoms with Crippen molar-refractivity contribution in [1.82, 2.24) is 15.0 Å². The van der Waals surface area contributed by atoms with E-state index in [-0.39, 0.29) is 11.9 Å². The minimum atomic E-state index is -0.0457. The van der Waals surface area contributed by atoms with Crippen LogP contribution in [-0.4, -0.2) is 34.6 Å². The first-order valence-electron chi connectivity index (χ1n) is 5.81. The third-order valence-electron chi connectivity index (χ3n) is 2.96. The van der Waals surface area contributed by atoms with Crippen molar-refractivity contribution in [1.29, 1.82) is 0 Å². The summed E-state index contributed by atoms with van der Waals surface area (Å²) in [6.45, 7) is 2.66. The fraction of sp³-hybridized carbons (Fsp3) is 0.727. The van der Waals surface area contributed by atoms with E-state index in [2.05, 4.69) is 10.1 Å². The van der Waals surface area contributed by atoms with Crippen molar-refractivity contribution in [3.63, 3.8) is 0 Å². The second-order valence-corrected chi connectivity index (χ2v) is 4.20. The molecule has 0 aromatic carbocycles. The van der Waals surface area contributed by atoms with Gasteiger partial charge in [-0.1, -0.05) is 5.16 Å². The van der Waals surface area contributed by atoms with E-state index in [1.807, 2.05) is 4.90 Å². The van der Waals surface area contributed by atoms with Crippen molar-refractivity contribution in [2.45, 2.75) is 38.8 Å². The molecule has 0 N–H and O–H groups in total. The zero-order valence-electron chi connectivity index (χ0n) is 10.2. The maximum atomic E-state index is 11.5. The molecule has 2 rings (SSSR count). The molecule has 1 atom stereocenters. The van der Waals surface area contributed by atoms with E-state index in [0.717, 1.165) is 25.8 Å². The Morgan fingerprint density at radius 1 is 1.59 bits per heavy atom. The van der Waals surface area contributed by atoms with Crippen molar-refractivity contribution >= 4 is 5.91 Å². The molecule has 2 heterocycles. The lowest BCUT2D eigenvalue weighted by atomic mass is 10.0. The molecule has 6 heteroatoms. The lowest BCUT2D eigenvalue weighted by molar-refractivity contribution is -0.132. The highest BCUT2D eigenvalue weighted by atomic mass is 16.5. The molecule has 1 aromatic rings. The Labute approximate surface area is 99.9 Å². The number of hydrogen-bond acceptors (Lipinski definition) is 5. The van der Waals surface area contributed by atoms with Gasteiger partial charge in [0.05, 0.1) is 6.04 Å². The summed E-state index contributed by atoms with van der Waals surface area (Å²) >= 11 is 0. The van der Waals surface area contributed by atoms with Gasteiger partial charge in [-0.3, -0.25) is 4.79 Å². The third kappa shape index (κ3) is 2.63. The Bertz CT molecular complexity index is 391. The van der Waals surface area contributed by atoms with Crippen molar-refractivity contribution in [3.8, 4) is 0 Å². The molecule has 6 nitrogen and oxygen atoms in total. The second-order valence-electron chi connectivity index (χ2n) is 4.20. The fourth-order valence-electron chi connectivity index (χ4n) is 2.16. The van der Waals surface area contributed by atoms with Gasteiger partial charge >= 0.3 is 0 Å². The topological polar surface area (TPSA) is 68.5 Å². The molecule has 0 aliphatic carbocycles. The van der Waals surface area contributed by atoms with Gasteiger partial charge < -0.3 is 14.2 Å². The molecule has 0 bridgehead atoms. The van der Waals surface area contributed by atoms with E-state index in [1.165, 1.54) is 0 Å². The minimum absolute atomic E-state index is 0.0457. The largest absolute Gasteiger partial charge is 0.375 e. The zero-order valence-corrected chi connectivity index (χ0v) is 10.2. The van der Waals surface area contributed by atoms with Crippen LogP contribution in [0.2, 0.25) is 0 Å².